The Morgan fingerprint density at radius 2 is 1.81 bits per heavy atom. The number of carbonyl (C=O) groups excluding carboxylic acids is 1. The van der Waals surface area contributed by atoms with Crippen LogP contribution in [-0.2, 0) is 11.3 Å². The fraction of sp³-hybridized carbons (Fsp3) is 0.333. The normalized spacial score (nSPS) is 11.9. The van der Waals surface area contributed by atoms with Gasteiger partial charge in [0.2, 0.25) is 0 Å². The average molecular weight is 370 g/mol. The van der Waals surface area contributed by atoms with Gasteiger partial charge >= 0.3 is 5.97 Å². The Bertz CT molecular complexity index is 772. The number of nitrogens with one attached hydrogen (secondary N) is 2. The first kappa shape index (κ1) is 20.5. The molecule has 0 aromatic heterocycles. The zero-order valence-electron chi connectivity index (χ0n) is 15.9. The van der Waals surface area contributed by atoms with Crippen LogP contribution in [0.5, 0.6) is 5.75 Å². The predicted molar refractivity (Wildman–Crippen MR) is 105 cm³/mol. The lowest BCUT2D eigenvalue weighted by atomic mass is 10.0. The molecule has 1 atom stereocenters. The summed E-state index contributed by atoms with van der Waals surface area (Å²) < 4.78 is 5.09. The number of ether oxygens (including phenoxy) is 1. The molecule has 6 nitrogen and oxygen atoms in total. The van der Waals surface area contributed by atoms with Gasteiger partial charge in [-0.25, -0.2) is 0 Å². The lowest BCUT2D eigenvalue weighted by molar-refractivity contribution is -0.140. The number of carbonyl (C=O) groups is 2. The van der Waals surface area contributed by atoms with Crippen molar-refractivity contribution in [2.45, 2.75) is 32.9 Å². The van der Waals surface area contributed by atoms with E-state index >= 15 is 0 Å². The molecule has 2 aromatic carbocycles. The minimum atomic E-state index is -0.854. The van der Waals surface area contributed by atoms with Gasteiger partial charge in [-0.05, 0) is 54.3 Å². The van der Waals surface area contributed by atoms with E-state index in [1.54, 1.807) is 37.4 Å². The molecule has 0 saturated heterocycles. The fourth-order valence-corrected chi connectivity index (χ4v) is 2.69. The van der Waals surface area contributed by atoms with Crippen molar-refractivity contribution in [3.63, 3.8) is 0 Å². The van der Waals surface area contributed by atoms with E-state index in [2.05, 4.69) is 10.6 Å². The van der Waals surface area contributed by atoms with E-state index in [0.29, 0.717) is 30.0 Å². The summed E-state index contributed by atoms with van der Waals surface area (Å²) in [7, 11) is 1.57. The molecular weight excluding hydrogens is 344 g/mol. The highest BCUT2D eigenvalue weighted by Gasteiger charge is 2.18. The van der Waals surface area contributed by atoms with Crippen LogP contribution in [0.15, 0.2) is 48.5 Å². The zero-order chi connectivity index (χ0) is 19.8. The molecule has 2 aromatic rings. The van der Waals surface area contributed by atoms with Gasteiger partial charge in [0.15, 0.2) is 0 Å². The molecule has 0 saturated carbocycles. The summed E-state index contributed by atoms with van der Waals surface area (Å²) in [5, 5.41) is 15.2. The minimum Gasteiger partial charge on any atom is -0.497 e. The lowest BCUT2D eigenvalue weighted by Crippen LogP contribution is -2.37. The summed E-state index contributed by atoms with van der Waals surface area (Å²) in [5.41, 5.74) is 2.09. The first-order valence-electron chi connectivity index (χ1n) is 8.89. The molecule has 2 rings (SSSR count). The number of benzene rings is 2. The summed E-state index contributed by atoms with van der Waals surface area (Å²) in [6.45, 7) is 4.40. The largest absolute Gasteiger partial charge is 0.497 e. The van der Waals surface area contributed by atoms with Gasteiger partial charge in [0, 0.05) is 17.8 Å². The maximum atomic E-state index is 12.4. The Balaban J connectivity index is 1.99. The Morgan fingerprint density at radius 3 is 2.41 bits per heavy atom. The van der Waals surface area contributed by atoms with Crippen molar-refractivity contribution in [2.75, 3.05) is 12.4 Å². The third-order valence-electron chi connectivity index (χ3n) is 4.09. The van der Waals surface area contributed by atoms with E-state index in [0.717, 1.165) is 5.56 Å². The number of hydrogen-bond acceptors (Lipinski definition) is 4. The van der Waals surface area contributed by atoms with Crippen LogP contribution in [0.2, 0.25) is 0 Å². The summed E-state index contributed by atoms with van der Waals surface area (Å²) in [4.78, 5) is 23.7. The van der Waals surface area contributed by atoms with Crippen molar-refractivity contribution in [1.29, 1.82) is 0 Å². The molecule has 0 unspecified atom stereocenters. The van der Waals surface area contributed by atoms with Gasteiger partial charge < -0.3 is 20.5 Å². The van der Waals surface area contributed by atoms with Gasteiger partial charge in [-0.1, -0.05) is 26.0 Å². The van der Waals surface area contributed by atoms with Gasteiger partial charge in [-0.3, -0.25) is 9.59 Å². The topological polar surface area (TPSA) is 87.7 Å². The van der Waals surface area contributed by atoms with E-state index in [-0.39, 0.29) is 11.8 Å². The number of amides is 1. The molecule has 0 radical (unpaired) electrons. The second-order valence-electron chi connectivity index (χ2n) is 6.78. The molecule has 0 bridgehead atoms. The van der Waals surface area contributed by atoms with E-state index in [9.17, 15) is 14.7 Å². The number of rotatable bonds is 9. The number of carboxylic acid groups (broad SMARTS) is 1. The van der Waals surface area contributed by atoms with E-state index in [1.807, 2.05) is 32.0 Å². The van der Waals surface area contributed by atoms with Crippen molar-refractivity contribution in [1.82, 2.24) is 5.32 Å². The molecular formula is C21H26N2O4. The van der Waals surface area contributed by atoms with E-state index in [1.165, 1.54) is 0 Å². The van der Waals surface area contributed by atoms with Crippen molar-refractivity contribution in [3.05, 3.63) is 59.7 Å². The SMILES string of the molecule is COc1ccc(C(=O)Nc2cccc(CN[C@H](CC(C)C)C(=O)O)c2)cc1. The maximum Gasteiger partial charge on any atom is 0.320 e. The summed E-state index contributed by atoms with van der Waals surface area (Å²) in [5.74, 6) is -0.0960. The fourth-order valence-electron chi connectivity index (χ4n) is 2.69. The van der Waals surface area contributed by atoms with Crippen LogP contribution < -0.4 is 15.4 Å². The van der Waals surface area contributed by atoms with Crippen LogP contribution in [0.1, 0.15) is 36.2 Å². The molecule has 27 heavy (non-hydrogen) atoms. The first-order valence-corrected chi connectivity index (χ1v) is 8.89. The van der Waals surface area contributed by atoms with Crippen LogP contribution in [0.3, 0.4) is 0 Å². The van der Waals surface area contributed by atoms with Crippen molar-refractivity contribution in [3.8, 4) is 5.75 Å². The number of carboxylic acids is 1. The second kappa shape index (κ2) is 9.73. The summed E-state index contributed by atoms with van der Waals surface area (Å²) >= 11 is 0. The molecule has 0 aliphatic heterocycles. The highest BCUT2D eigenvalue weighted by atomic mass is 16.5. The Kier molecular flexibility index (Phi) is 7.37. The lowest BCUT2D eigenvalue weighted by Gasteiger charge is -2.17. The van der Waals surface area contributed by atoms with E-state index < -0.39 is 12.0 Å². The monoisotopic (exact) mass is 370 g/mol. The van der Waals surface area contributed by atoms with Crippen molar-refractivity contribution >= 4 is 17.6 Å². The molecule has 3 N–H and O–H groups in total. The smallest absolute Gasteiger partial charge is 0.320 e. The van der Waals surface area contributed by atoms with Crippen molar-refractivity contribution in [2.24, 2.45) is 5.92 Å². The Hall–Kier alpha value is -2.86. The average Bonchev–Trinajstić information content (AvgIpc) is 2.65. The number of hydrogen-bond donors (Lipinski definition) is 3. The zero-order valence-corrected chi connectivity index (χ0v) is 15.9. The third kappa shape index (κ3) is 6.42. The van der Waals surface area contributed by atoms with Gasteiger partial charge in [0.05, 0.1) is 7.11 Å². The van der Waals surface area contributed by atoms with Gasteiger partial charge in [-0.15, -0.1) is 0 Å². The van der Waals surface area contributed by atoms with Crippen LogP contribution in [0.4, 0.5) is 5.69 Å². The van der Waals surface area contributed by atoms with Crippen LogP contribution in [-0.4, -0.2) is 30.1 Å². The van der Waals surface area contributed by atoms with Crippen molar-refractivity contribution < 1.29 is 19.4 Å². The summed E-state index contributed by atoms with van der Waals surface area (Å²) in [6.07, 6.45) is 0.559. The number of methoxy groups -OCH3 is 1. The molecule has 0 aliphatic rings. The molecule has 0 heterocycles. The highest BCUT2D eigenvalue weighted by molar-refractivity contribution is 6.04. The first-order chi connectivity index (χ1) is 12.9. The molecule has 0 aliphatic carbocycles. The number of aliphatic carboxylic acids is 1. The highest BCUT2D eigenvalue weighted by Crippen LogP contribution is 2.15. The standard InChI is InChI=1S/C21H26N2O4/c1-14(2)11-19(21(25)26)22-13-15-5-4-6-17(12-15)23-20(24)16-7-9-18(27-3)10-8-16/h4-10,12,14,19,22H,11,13H2,1-3H3,(H,23,24)(H,25,26)/t19-/m1/s1. The minimum absolute atomic E-state index is 0.217. The van der Waals surface area contributed by atoms with E-state index in [4.69, 9.17) is 4.74 Å². The Morgan fingerprint density at radius 1 is 1.11 bits per heavy atom. The quantitative estimate of drug-likeness (QED) is 0.628. The number of anilines is 1. The van der Waals surface area contributed by atoms with Crippen LogP contribution in [0, 0.1) is 5.92 Å². The molecule has 0 spiro atoms. The molecule has 144 valence electrons. The third-order valence-corrected chi connectivity index (χ3v) is 4.09. The summed E-state index contributed by atoms with van der Waals surface area (Å²) in [6, 6.07) is 13.6. The predicted octanol–water partition coefficient (Wildman–Crippen LogP) is 3.54. The van der Waals surface area contributed by atoms with Gasteiger partial charge in [0.1, 0.15) is 11.8 Å². The van der Waals surface area contributed by atoms with Gasteiger partial charge in [-0.2, -0.15) is 0 Å². The molecule has 1 amide bonds. The van der Waals surface area contributed by atoms with Gasteiger partial charge in [0.25, 0.3) is 5.91 Å². The Labute approximate surface area is 159 Å². The molecule has 6 heteroatoms. The second-order valence-corrected chi connectivity index (χ2v) is 6.78. The maximum absolute atomic E-state index is 12.4. The van der Waals surface area contributed by atoms with Crippen LogP contribution in [0.25, 0.3) is 0 Å². The molecule has 0 fully saturated rings. The van der Waals surface area contributed by atoms with Crippen LogP contribution >= 0.6 is 0 Å².